The first-order valence-electron chi connectivity index (χ1n) is 5.29. The maximum atomic E-state index is 13.7. The second kappa shape index (κ2) is 4.56. The molecule has 1 aromatic carbocycles. The number of benzene rings is 1. The van der Waals surface area contributed by atoms with Crippen LogP contribution in [-0.2, 0) is 11.3 Å². The summed E-state index contributed by atoms with van der Waals surface area (Å²) in [5, 5.41) is 8.55. The lowest BCUT2D eigenvalue weighted by molar-refractivity contribution is -0.131. The summed E-state index contributed by atoms with van der Waals surface area (Å²) >= 11 is 0. The molecule has 0 unspecified atom stereocenters. The van der Waals surface area contributed by atoms with E-state index in [9.17, 15) is 13.6 Å². The van der Waals surface area contributed by atoms with Crippen molar-refractivity contribution in [2.24, 2.45) is 0 Å². The molecule has 0 saturated carbocycles. The fraction of sp³-hybridized carbons (Fsp3) is 0.167. The molecule has 1 heterocycles. The predicted octanol–water partition coefficient (Wildman–Crippen LogP) is 2.43. The molecule has 0 saturated heterocycles. The maximum absolute atomic E-state index is 13.7. The van der Waals surface area contributed by atoms with Gasteiger partial charge < -0.3 is 9.67 Å². The molecule has 18 heavy (non-hydrogen) atoms. The monoisotopic (exact) mass is 252 g/mol. The molecule has 4 nitrogen and oxygen atoms in total. The lowest BCUT2D eigenvalue weighted by Crippen LogP contribution is -1.99. The van der Waals surface area contributed by atoms with E-state index in [-0.39, 0.29) is 16.9 Å². The number of imidazole rings is 1. The number of carboxylic acid groups (broad SMARTS) is 1. The van der Waals surface area contributed by atoms with E-state index in [2.05, 4.69) is 4.98 Å². The molecule has 2 rings (SSSR count). The molecule has 0 spiro atoms. The van der Waals surface area contributed by atoms with Gasteiger partial charge in [-0.15, -0.1) is 0 Å². The summed E-state index contributed by atoms with van der Waals surface area (Å²) in [4.78, 5) is 14.5. The predicted molar refractivity (Wildman–Crippen MR) is 62.0 cm³/mol. The first kappa shape index (κ1) is 12.2. The molecular formula is C12H10F2N2O2. The minimum Gasteiger partial charge on any atom is -0.478 e. The molecule has 0 fully saturated rings. The van der Waals surface area contributed by atoms with Crippen molar-refractivity contribution < 1.29 is 18.7 Å². The Balaban J connectivity index is 2.68. The third-order valence-electron chi connectivity index (χ3n) is 2.48. The van der Waals surface area contributed by atoms with Gasteiger partial charge in [-0.1, -0.05) is 0 Å². The summed E-state index contributed by atoms with van der Waals surface area (Å²) < 4.78 is 28.2. The van der Waals surface area contributed by atoms with Crippen molar-refractivity contribution >= 4 is 23.1 Å². The van der Waals surface area contributed by atoms with Crippen LogP contribution in [0.2, 0.25) is 0 Å². The Labute approximate surface area is 101 Å². The summed E-state index contributed by atoms with van der Waals surface area (Å²) in [6, 6.07) is 1.89. The molecular weight excluding hydrogens is 242 g/mol. The van der Waals surface area contributed by atoms with Gasteiger partial charge in [-0.05, 0) is 13.0 Å². The summed E-state index contributed by atoms with van der Waals surface area (Å²) in [5.41, 5.74) is 0.336. The van der Waals surface area contributed by atoms with Crippen LogP contribution in [0, 0.1) is 11.6 Å². The van der Waals surface area contributed by atoms with E-state index in [1.165, 1.54) is 10.6 Å². The maximum Gasteiger partial charge on any atom is 0.328 e. The number of aryl methyl sites for hydroxylation is 1. The standard InChI is InChI=1S/C12H10F2N2O2/c1-2-16-10(3-4-11(17)18)15-9-6-7(13)5-8(14)12(9)16/h3-6H,2H2,1H3,(H,17,18)/b4-3+. The van der Waals surface area contributed by atoms with Crippen LogP contribution in [0.3, 0.4) is 0 Å². The molecule has 6 heteroatoms. The van der Waals surface area contributed by atoms with Crippen LogP contribution in [0.4, 0.5) is 8.78 Å². The Morgan fingerprint density at radius 1 is 1.50 bits per heavy atom. The van der Waals surface area contributed by atoms with Gasteiger partial charge in [0.25, 0.3) is 0 Å². The Bertz CT molecular complexity index is 647. The number of fused-ring (bicyclic) bond motifs is 1. The summed E-state index contributed by atoms with van der Waals surface area (Å²) in [6.45, 7) is 2.17. The van der Waals surface area contributed by atoms with Crippen molar-refractivity contribution in [3.8, 4) is 0 Å². The zero-order valence-corrected chi connectivity index (χ0v) is 9.52. The van der Waals surface area contributed by atoms with E-state index in [0.717, 1.165) is 18.2 Å². The van der Waals surface area contributed by atoms with Gasteiger partial charge in [-0.3, -0.25) is 0 Å². The molecule has 2 aromatic rings. The zero-order valence-electron chi connectivity index (χ0n) is 9.52. The van der Waals surface area contributed by atoms with Crippen LogP contribution in [0.1, 0.15) is 12.7 Å². The van der Waals surface area contributed by atoms with Crippen LogP contribution in [0.5, 0.6) is 0 Å². The number of hydrogen-bond acceptors (Lipinski definition) is 2. The molecule has 0 radical (unpaired) electrons. The Kier molecular flexibility index (Phi) is 3.10. The number of hydrogen-bond donors (Lipinski definition) is 1. The zero-order chi connectivity index (χ0) is 13.3. The first-order chi connectivity index (χ1) is 8.52. The van der Waals surface area contributed by atoms with Crippen LogP contribution in [0.25, 0.3) is 17.1 Å². The second-order valence-electron chi connectivity index (χ2n) is 3.64. The minimum atomic E-state index is -1.13. The van der Waals surface area contributed by atoms with Crippen molar-refractivity contribution in [1.82, 2.24) is 9.55 Å². The van der Waals surface area contributed by atoms with Crippen molar-refractivity contribution in [3.05, 3.63) is 35.7 Å². The van der Waals surface area contributed by atoms with Gasteiger partial charge in [0, 0.05) is 24.8 Å². The third kappa shape index (κ3) is 2.09. The number of aliphatic carboxylic acids is 1. The normalized spacial score (nSPS) is 11.5. The highest BCUT2D eigenvalue weighted by Crippen LogP contribution is 2.21. The van der Waals surface area contributed by atoms with Crippen LogP contribution in [-0.4, -0.2) is 20.6 Å². The lowest BCUT2D eigenvalue weighted by atomic mass is 10.3. The highest BCUT2D eigenvalue weighted by atomic mass is 19.1. The molecule has 0 aliphatic heterocycles. The van der Waals surface area contributed by atoms with E-state index in [1.807, 2.05) is 0 Å². The second-order valence-corrected chi connectivity index (χ2v) is 3.64. The highest BCUT2D eigenvalue weighted by Gasteiger charge is 2.13. The molecule has 0 aliphatic rings. The molecule has 0 amide bonds. The SMILES string of the molecule is CCn1c(/C=C/C(=O)O)nc2cc(F)cc(F)c21. The van der Waals surface area contributed by atoms with Crippen molar-refractivity contribution in [1.29, 1.82) is 0 Å². The van der Waals surface area contributed by atoms with E-state index in [4.69, 9.17) is 5.11 Å². The van der Waals surface area contributed by atoms with Gasteiger partial charge in [0.05, 0.1) is 5.52 Å². The van der Waals surface area contributed by atoms with Crippen LogP contribution < -0.4 is 0 Å². The Morgan fingerprint density at radius 3 is 2.83 bits per heavy atom. The van der Waals surface area contributed by atoms with Gasteiger partial charge >= 0.3 is 5.97 Å². The van der Waals surface area contributed by atoms with Gasteiger partial charge in [0.1, 0.15) is 17.2 Å². The van der Waals surface area contributed by atoms with Gasteiger partial charge in [-0.2, -0.15) is 0 Å². The average molecular weight is 252 g/mol. The lowest BCUT2D eigenvalue weighted by Gasteiger charge is -2.02. The van der Waals surface area contributed by atoms with Gasteiger partial charge in [-0.25, -0.2) is 18.6 Å². The Hall–Kier alpha value is -2.24. The fourth-order valence-corrected chi connectivity index (χ4v) is 1.80. The first-order valence-corrected chi connectivity index (χ1v) is 5.29. The number of nitrogens with zero attached hydrogens (tertiary/aromatic N) is 2. The van der Waals surface area contributed by atoms with Crippen molar-refractivity contribution in [2.75, 3.05) is 0 Å². The number of aromatic nitrogens is 2. The highest BCUT2D eigenvalue weighted by molar-refractivity contribution is 5.86. The molecule has 94 valence electrons. The van der Waals surface area contributed by atoms with E-state index in [0.29, 0.717) is 6.54 Å². The third-order valence-corrected chi connectivity index (χ3v) is 2.48. The number of rotatable bonds is 3. The number of carbonyl (C=O) groups is 1. The summed E-state index contributed by atoms with van der Waals surface area (Å²) in [6.07, 6.45) is 2.16. The molecule has 1 N–H and O–H groups in total. The van der Waals surface area contributed by atoms with E-state index < -0.39 is 17.6 Å². The topological polar surface area (TPSA) is 55.1 Å². The number of halogens is 2. The van der Waals surface area contributed by atoms with Gasteiger partial charge in [0.15, 0.2) is 5.82 Å². The molecule has 1 aromatic heterocycles. The smallest absolute Gasteiger partial charge is 0.328 e. The van der Waals surface area contributed by atoms with E-state index in [1.54, 1.807) is 6.92 Å². The van der Waals surface area contributed by atoms with E-state index >= 15 is 0 Å². The summed E-state index contributed by atoms with van der Waals surface area (Å²) in [7, 11) is 0. The van der Waals surface area contributed by atoms with Crippen molar-refractivity contribution in [2.45, 2.75) is 13.5 Å². The number of carboxylic acids is 1. The van der Waals surface area contributed by atoms with Crippen molar-refractivity contribution in [3.63, 3.8) is 0 Å². The molecule has 0 aliphatic carbocycles. The molecule has 0 bridgehead atoms. The van der Waals surface area contributed by atoms with Gasteiger partial charge in [0.2, 0.25) is 0 Å². The van der Waals surface area contributed by atoms with Crippen LogP contribution in [0.15, 0.2) is 18.2 Å². The Morgan fingerprint density at radius 2 is 2.22 bits per heavy atom. The summed E-state index contributed by atoms with van der Waals surface area (Å²) in [5.74, 6) is -2.28. The molecule has 0 atom stereocenters. The minimum absolute atomic E-state index is 0.166. The average Bonchev–Trinajstić information content (AvgIpc) is 2.63. The van der Waals surface area contributed by atoms with Crippen LogP contribution >= 0.6 is 0 Å². The fourth-order valence-electron chi connectivity index (χ4n) is 1.80. The largest absolute Gasteiger partial charge is 0.478 e. The quantitative estimate of drug-likeness (QED) is 0.853.